The van der Waals surface area contributed by atoms with Crippen molar-refractivity contribution >= 4 is 38.7 Å². The van der Waals surface area contributed by atoms with Crippen LogP contribution in [0.5, 0.6) is 0 Å². The van der Waals surface area contributed by atoms with Gasteiger partial charge in [0.25, 0.3) is 5.91 Å². The van der Waals surface area contributed by atoms with Crippen molar-refractivity contribution in [3.63, 3.8) is 0 Å². The molecule has 2 aromatic rings. The van der Waals surface area contributed by atoms with E-state index >= 15 is 0 Å². The second kappa shape index (κ2) is 6.22. The Bertz CT molecular complexity index is 842. The van der Waals surface area contributed by atoms with Gasteiger partial charge in [0.1, 0.15) is 10.7 Å². The molecule has 1 amide bonds. The Morgan fingerprint density at radius 3 is 2.74 bits per heavy atom. The first kappa shape index (κ1) is 16.4. The van der Waals surface area contributed by atoms with E-state index in [1.165, 1.54) is 16.2 Å². The van der Waals surface area contributed by atoms with Crippen molar-refractivity contribution in [1.29, 1.82) is 0 Å². The highest BCUT2D eigenvalue weighted by atomic mass is 35.5. The van der Waals surface area contributed by atoms with Crippen molar-refractivity contribution in [2.45, 2.75) is 12.2 Å². The summed E-state index contributed by atoms with van der Waals surface area (Å²) in [4.78, 5) is 18.2. The first-order valence-electron chi connectivity index (χ1n) is 7.13. The predicted molar refractivity (Wildman–Crippen MR) is 91.7 cm³/mol. The maximum atomic E-state index is 12.4. The highest BCUT2D eigenvalue weighted by Crippen LogP contribution is 2.31. The molecule has 1 fully saturated rings. The number of thiazole rings is 1. The van der Waals surface area contributed by atoms with Gasteiger partial charge >= 0.3 is 0 Å². The summed E-state index contributed by atoms with van der Waals surface area (Å²) < 4.78 is 23.5. The maximum Gasteiger partial charge on any atom is 0.273 e. The van der Waals surface area contributed by atoms with Crippen LogP contribution in [-0.2, 0) is 9.84 Å². The maximum absolute atomic E-state index is 12.4. The van der Waals surface area contributed by atoms with E-state index in [1.807, 2.05) is 18.2 Å². The molecular formula is C15H15ClN2O3S2. The molecule has 8 heteroatoms. The number of nitrogens with zero attached hydrogens (tertiary/aromatic N) is 2. The molecule has 1 aromatic heterocycles. The third-order valence-electron chi connectivity index (χ3n) is 3.87. The SMILES string of the molecule is CCS(=O)(=O)C1CN(C(=O)c2csc(-c3ccccc3Cl)n2)C1. The Balaban J connectivity index is 1.73. The summed E-state index contributed by atoms with van der Waals surface area (Å²) in [6, 6.07) is 7.32. The molecule has 0 saturated carbocycles. The third-order valence-corrected chi connectivity index (χ3v) is 7.20. The van der Waals surface area contributed by atoms with E-state index in [9.17, 15) is 13.2 Å². The van der Waals surface area contributed by atoms with E-state index in [2.05, 4.69) is 4.98 Å². The van der Waals surface area contributed by atoms with Crippen molar-refractivity contribution in [3.05, 3.63) is 40.4 Å². The number of carbonyl (C=O) groups excluding carboxylic acids is 1. The van der Waals surface area contributed by atoms with Crippen LogP contribution in [0.4, 0.5) is 0 Å². The van der Waals surface area contributed by atoms with Crippen molar-refractivity contribution in [1.82, 2.24) is 9.88 Å². The average molecular weight is 371 g/mol. The minimum Gasteiger partial charge on any atom is -0.335 e. The highest BCUT2D eigenvalue weighted by Gasteiger charge is 2.39. The first-order valence-corrected chi connectivity index (χ1v) is 10.1. The molecule has 122 valence electrons. The Kier molecular flexibility index (Phi) is 4.44. The molecule has 2 heterocycles. The van der Waals surface area contributed by atoms with E-state index in [4.69, 9.17) is 11.6 Å². The number of hydrogen-bond acceptors (Lipinski definition) is 5. The van der Waals surface area contributed by atoms with Gasteiger partial charge in [0.2, 0.25) is 0 Å². The number of halogens is 1. The predicted octanol–water partition coefficient (Wildman–Crippen LogP) is 2.72. The van der Waals surface area contributed by atoms with Gasteiger partial charge in [-0.05, 0) is 6.07 Å². The van der Waals surface area contributed by atoms with Gasteiger partial charge in [0.05, 0.1) is 10.3 Å². The molecule has 3 rings (SSSR count). The molecule has 0 spiro atoms. The van der Waals surface area contributed by atoms with Crippen LogP contribution < -0.4 is 0 Å². The molecule has 0 atom stereocenters. The summed E-state index contributed by atoms with van der Waals surface area (Å²) in [7, 11) is -3.08. The molecule has 1 aromatic carbocycles. The lowest BCUT2D eigenvalue weighted by Gasteiger charge is -2.38. The van der Waals surface area contributed by atoms with Crippen LogP contribution >= 0.6 is 22.9 Å². The minimum atomic E-state index is -3.08. The van der Waals surface area contributed by atoms with Gasteiger partial charge in [-0.25, -0.2) is 13.4 Å². The van der Waals surface area contributed by atoms with Gasteiger partial charge in [-0.1, -0.05) is 36.7 Å². The zero-order valence-electron chi connectivity index (χ0n) is 12.4. The molecule has 23 heavy (non-hydrogen) atoms. The fraction of sp³-hybridized carbons (Fsp3) is 0.333. The van der Waals surface area contributed by atoms with Crippen molar-refractivity contribution in [2.24, 2.45) is 0 Å². The molecule has 5 nitrogen and oxygen atoms in total. The lowest BCUT2D eigenvalue weighted by atomic mass is 10.2. The van der Waals surface area contributed by atoms with E-state index in [1.54, 1.807) is 18.4 Å². The average Bonchev–Trinajstić information content (AvgIpc) is 2.95. The van der Waals surface area contributed by atoms with E-state index in [0.717, 1.165) is 5.56 Å². The molecule has 0 N–H and O–H groups in total. The van der Waals surface area contributed by atoms with Crippen LogP contribution in [0.25, 0.3) is 10.6 Å². The topological polar surface area (TPSA) is 67.3 Å². The summed E-state index contributed by atoms with van der Waals surface area (Å²) in [6.45, 7) is 2.11. The highest BCUT2D eigenvalue weighted by molar-refractivity contribution is 7.92. The third kappa shape index (κ3) is 3.13. The van der Waals surface area contributed by atoms with Crippen molar-refractivity contribution < 1.29 is 13.2 Å². The van der Waals surface area contributed by atoms with Gasteiger partial charge in [-0.15, -0.1) is 11.3 Å². The quantitative estimate of drug-likeness (QED) is 0.829. The number of amides is 1. The molecule has 1 aliphatic rings. The monoisotopic (exact) mass is 370 g/mol. The van der Waals surface area contributed by atoms with Crippen LogP contribution in [0.1, 0.15) is 17.4 Å². The number of benzene rings is 1. The fourth-order valence-electron chi connectivity index (χ4n) is 2.36. The smallest absolute Gasteiger partial charge is 0.273 e. The zero-order chi connectivity index (χ0) is 16.6. The van der Waals surface area contributed by atoms with E-state index in [-0.39, 0.29) is 24.7 Å². The number of rotatable bonds is 4. The molecule has 0 unspecified atom stereocenters. The lowest BCUT2D eigenvalue weighted by Crippen LogP contribution is -2.57. The number of carbonyl (C=O) groups is 1. The van der Waals surface area contributed by atoms with Crippen LogP contribution in [0.15, 0.2) is 29.6 Å². The summed E-state index contributed by atoms with van der Waals surface area (Å²) in [6.07, 6.45) is 0. The lowest BCUT2D eigenvalue weighted by molar-refractivity contribution is 0.0654. The number of likely N-dealkylation sites (tertiary alicyclic amines) is 1. The van der Waals surface area contributed by atoms with Crippen molar-refractivity contribution in [3.8, 4) is 10.6 Å². The molecule has 0 aliphatic carbocycles. The number of hydrogen-bond donors (Lipinski definition) is 0. The van der Waals surface area contributed by atoms with E-state index < -0.39 is 15.1 Å². The van der Waals surface area contributed by atoms with Gasteiger partial charge in [0, 0.05) is 29.8 Å². The second-order valence-corrected chi connectivity index (χ2v) is 9.14. The first-order chi connectivity index (χ1) is 10.9. The van der Waals surface area contributed by atoms with Crippen molar-refractivity contribution in [2.75, 3.05) is 18.8 Å². The van der Waals surface area contributed by atoms with Crippen LogP contribution in [0, 0.1) is 0 Å². The van der Waals surface area contributed by atoms with E-state index in [0.29, 0.717) is 15.7 Å². The van der Waals surface area contributed by atoms with Gasteiger partial charge < -0.3 is 4.90 Å². The fourth-order valence-corrected chi connectivity index (χ4v) is 4.76. The van der Waals surface area contributed by atoms with Gasteiger partial charge in [-0.3, -0.25) is 4.79 Å². The van der Waals surface area contributed by atoms with Gasteiger partial charge in [0.15, 0.2) is 9.84 Å². The Labute approximate surface area is 143 Å². The molecule has 1 aliphatic heterocycles. The minimum absolute atomic E-state index is 0.104. The standard InChI is InChI=1S/C15H15ClN2O3S2/c1-2-23(20,21)10-7-18(8-10)15(19)13-9-22-14(17-13)11-5-3-4-6-12(11)16/h3-6,9-10H,2,7-8H2,1H3. The van der Waals surface area contributed by atoms with Crippen LogP contribution in [0.2, 0.25) is 5.02 Å². The number of sulfone groups is 1. The Hall–Kier alpha value is -1.44. The molecule has 1 saturated heterocycles. The molecule has 0 radical (unpaired) electrons. The Morgan fingerprint density at radius 2 is 2.09 bits per heavy atom. The van der Waals surface area contributed by atoms with Crippen LogP contribution in [-0.4, -0.2) is 48.3 Å². The summed E-state index contributed by atoms with van der Waals surface area (Å²) >= 11 is 7.49. The summed E-state index contributed by atoms with van der Waals surface area (Å²) in [5.74, 6) is -0.130. The largest absolute Gasteiger partial charge is 0.335 e. The zero-order valence-corrected chi connectivity index (χ0v) is 14.8. The Morgan fingerprint density at radius 1 is 1.39 bits per heavy atom. The van der Waals surface area contributed by atoms with Gasteiger partial charge in [-0.2, -0.15) is 0 Å². The molecular weight excluding hydrogens is 356 g/mol. The van der Waals surface area contributed by atoms with Crippen LogP contribution in [0.3, 0.4) is 0 Å². The normalized spacial score (nSPS) is 15.5. The second-order valence-electron chi connectivity index (χ2n) is 5.30. The number of aromatic nitrogens is 1. The molecule has 0 bridgehead atoms. The summed E-state index contributed by atoms with van der Waals surface area (Å²) in [5, 5.41) is 2.50. The summed E-state index contributed by atoms with van der Waals surface area (Å²) in [5.41, 5.74) is 1.12.